The summed E-state index contributed by atoms with van der Waals surface area (Å²) in [7, 11) is 3.24. The predicted molar refractivity (Wildman–Crippen MR) is 86.9 cm³/mol. The highest BCUT2D eigenvalue weighted by Gasteiger charge is 2.07. The number of aromatic amines is 1. The summed E-state index contributed by atoms with van der Waals surface area (Å²) in [4.78, 5) is 14.0. The van der Waals surface area contributed by atoms with Gasteiger partial charge in [0.1, 0.15) is 11.4 Å². The van der Waals surface area contributed by atoms with E-state index >= 15 is 0 Å². The molecule has 0 saturated carbocycles. The Morgan fingerprint density at radius 2 is 2.13 bits per heavy atom. The van der Waals surface area contributed by atoms with Crippen molar-refractivity contribution < 1.29 is 9.47 Å². The monoisotopic (exact) mass is 317 g/mol. The van der Waals surface area contributed by atoms with Crippen molar-refractivity contribution in [2.75, 3.05) is 19.6 Å². The van der Waals surface area contributed by atoms with Crippen molar-refractivity contribution in [3.63, 3.8) is 0 Å². The van der Waals surface area contributed by atoms with Gasteiger partial charge in [0.2, 0.25) is 5.95 Å². The maximum Gasteiger partial charge on any atom is 0.274 e. The fourth-order valence-corrected chi connectivity index (χ4v) is 1.92. The van der Waals surface area contributed by atoms with Gasteiger partial charge in [-0.3, -0.25) is 9.78 Å². The molecular weight excluding hydrogens is 298 g/mol. The second kappa shape index (κ2) is 7.50. The van der Waals surface area contributed by atoms with Crippen LogP contribution in [0.1, 0.15) is 23.7 Å². The molecule has 0 amide bonds. The first-order valence-electron chi connectivity index (χ1n) is 6.95. The van der Waals surface area contributed by atoms with E-state index in [1.54, 1.807) is 21.1 Å². The Labute approximate surface area is 133 Å². The molecule has 122 valence electrons. The average molecular weight is 317 g/mol. The number of benzene rings is 1. The maximum absolute atomic E-state index is 11.5. The van der Waals surface area contributed by atoms with Crippen LogP contribution in [0.15, 0.2) is 28.1 Å². The van der Waals surface area contributed by atoms with Crippen LogP contribution in [-0.4, -0.2) is 35.1 Å². The van der Waals surface area contributed by atoms with Crippen LogP contribution >= 0.6 is 0 Å². The number of aromatic nitrogens is 3. The third kappa shape index (κ3) is 4.13. The van der Waals surface area contributed by atoms with E-state index in [9.17, 15) is 4.79 Å². The predicted octanol–water partition coefficient (Wildman–Crippen LogP) is 1.46. The summed E-state index contributed by atoms with van der Waals surface area (Å²) in [6, 6.07) is 5.69. The number of hydrogen-bond acceptors (Lipinski definition) is 7. The number of anilines is 1. The summed E-state index contributed by atoms with van der Waals surface area (Å²) in [6.07, 6.45) is 0. The first-order valence-corrected chi connectivity index (χ1v) is 6.95. The molecule has 2 rings (SSSR count). The van der Waals surface area contributed by atoms with Crippen LogP contribution in [0.4, 0.5) is 5.95 Å². The number of aryl methyl sites for hydroxylation is 1. The molecule has 0 aliphatic carbocycles. The van der Waals surface area contributed by atoms with Crippen LogP contribution in [-0.2, 0) is 11.3 Å². The topological polar surface area (TPSA) is 101 Å². The molecule has 8 nitrogen and oxygen atoms in total. The molecule has 23 heavy (non-hydrogen) atoms. The normalized spacial score (nSPS) is 11.4. The molecule has 0 unspecified atom stereocenters. The van der Waals surface area contributed by atoms with E-state index < -0.39 is 0 Å². The second-order valence-corrected chi connectivity index (χ2v) is 4.86. The van der Waals surface area contributed by atoms with Crippen LogP contribution in [0.3, 0.4) is 0 Å². The van der Waals surface area contributed by atoms with Gasteiger partial charge in [0.15, 0.2) is 0 Å². The zero-order valence-corrected chi connectivity index (χ0v) is 13.5. The number of nitrogens with one attached hydrogen (secondary N) is 2. The minimum atomic E-state index is -0.304. The van der Waals surface area contributed by atoms with Crippen LogP contribution < -0.4 is 15.7 Å². The molecule has 1 heterocycles. The lowest BCUT2D eigenvalue weighted by atomic mass is 10.1. The van der Waals surface area contributed by atoms with Crippen LogP contribution in [0.25, 0.3) is 0 Å². The first kappa shape index (κ1) is 16.6. The quantitative estimate of drug-likeness (QED) is 0.618. The van der Waals surface area contributed by atoms with Crippen LogP contribution in [0, 0.1) is 6.92 Å². The second-order valence-electron chi connectivity index (χ2n) is 4.86. The SMILES string of the molecule is COCc1cc(/C(C)=N\Nc2nnc(C)c(=O)[nH]2)ccc1OC. The molecule has 0 saturated heterocycles. The van der Waals surface area contributed by atoms with Crippen LogP contribution in [0.2, 0.25) is 0 Å². The van der Waals surface area contributed by atoms with Gasteiger partial charge in [0.25, 0.3) is 5.56 Å². The maximum atomic E-state index is 11.5. The summed E-state index contributed by atoms with van der Waals surface area (Å²) < 4.78 is 10.5. The van der Waals surface area contributed by atoms with Gasteiger partial charge >= 0.3 is 0 Å². The summed E-state index contributed by atoms with van der Waals surface area (Å²) >= 11 is 0. The van der Waals surface area contributed by atoms with Gasteiger partial charge in [-0.2, -0.15) is 5.10 Å². The molecule has 1 aromatic heterocycles. The summed E-state index contributed by atoms with van der Waals surface area (Å²) in [6.45, 7) is 3.86. The molecule has 2 aromatic rings. The van der Waals surface area contributed by atoms with E-state index in [-0.39, 0.29) is 11.5 Å². The van der Waals surface area contributed by atoms with Gasteiger partial charge < -0.3 is 9.47 Å². The lowest BCUT2D eigenvalue weighted by Gasteiger charge is -2.10. The third-order valence-corrected chi connectivity index (χ3v) is 3.19. The Hall–Kier alpha value is -2.74. The molecule has 0 atom stereocenters. The van der Waals surface area contributed by atoms with Crippen molar-refractivity contribution in [1.82, 2.24) is 15.2 Å². The fourth-order valence-electron chi connectivity index (χ4n) is 1.92. The number of rotatable bonds is 6. The van der Waals surface area contributed by atoms with E-state index in [2.05, 4.69) is 25.7 Å². The van der Waals surface area contributed by atoms with E-state index in [1.807, 2.05) is 25.1 Å². The molecule has 0 bridgehead atoms. The number of H-pyrrole nitrogens is 1. The van der Waals surface area contributed by atoms with Gasteiger partial charge in [0, 0.05) is 12.7 Å². The van der Waals surface area contributed by atoms with E-state index in [0.29, 0.717) is 18.0 Å². The van der Waals surface area contributed by atoms with Gasteiger partial charge in [-0.25, -0.2) is 5.43 Å². The lowest BCUT2D eigenvalue weighted by Crippen LogP contribution is -2.16. The summed E-state index contributed by atoms with van der Waals surface area (Å²) in [5.41, 5.74) is 5.22. The highest BCUT2D eigenvalue weighted by atomic mass is 16.5. The Balaban J connectivity index is 2.21. The van der Waals surface area contributed by atoms with Crippen molar-refractivity contribution in [2.24, 2.45) is 5.10 Å². The van der Waals surface area contributed by atoms with Gasteiger partial charge in [-0.15, -0.1) is 10.2 Å². The Kier molecular flexibility index (Phi) is 5.42. The zero-order valence-electron chi connectivity index (χ0n) is 13.5. The van der Waals surface area contributed by atoms with Gasteiger partial charge in [-0.05, 0) is 37.6 Å². The van der Waals surface area contributed by atoms with Crippen molar-refractivity contribution in [2.45, 2.75) is 20.5 Å². The largest absolute Gasteiger partial charge is 0.496 e. The molecule has 0 radical (unpaired) electrons. The highest BCUT2D eigenvalue weighted by Crippen LogP contribution is 2.21. The molecular formula is C15H19N5O3. The van der Waals surface area contributed by atoms with E-state index in [1.165, 1.54) is 0 Å². The van der Waals surface area contributed by atoms with Gasteiger partial charge in [-0.1, -0.05) is 0 Å². The average Bonchev–Trinajstić information content (AvgIpc) is 2.56. The fraction of sp³-hybridized carbons (Fsp3) is 0.333. The summed E-state index contributed by atoms with van der Waals surface area (Å²) in [5.74, 6) is 0.940. The molecule has 0 fully saturated rings. The Morgan fingerprint density at radius 1 is 1.35 bits per heavy atom. The van der Waals surface area contributed by atoms with Crippen molar-refractivity contribution in [1.29, 1.82) is 0 Å². The molecule has 1 aromatic carbocycles. The number of methoxy groups -OCH3 is 2. The van der Waals surface area contributed by atoms with Crippen molar-refractivity contribution in [3.05, 3.63) is 45.4 Å². The number of ether oxygens (including phenoxy) is 2. The summed E-state index contributed by atoms with van der Waals surface area (Å²) in [5, 5.41) is 11.8. The molecule has 0 aliphatic rings. The number of hydrazone groups is 1. The van der Waals surface area contributed by atoms with E-state index in [4.69, 9.17) is 9.47 Å². The number of hydrogen-bond donors (Lipinski definition) is 2. The zero-order chi connectivity index (χ0) is 16.8. The first-order chi connectivity index (χ1) is 11.0. The molecule has 0 spiro atoms. The standard InChI is InChI=1S/C15H19N5O3/c1-9(17-19-15-16-14(21)10(2)18-20-15)11-5-6-13(23-4)12(7-11)8-22-3/h5-7H,8H2,1-4H3,(H2,16,19,20,21)/b17-9-. The van der Waals surface area contributed by atoms with Crippen molar-refractivity contribution >= 4 is 11.7 Å². The molecule has 2 N–H and O–H groups in total. The smallest absolute Gasteiger partial charge is 0.274 e. The van der Waals surface area contributed by atoms with Crippen LogP contribution in [0.5, 0.6) is 5.75 Å². The van der Waals surface area contributed by atoms with Gasteiger partial charge in [0.05, 0.1) is 19.4 Å². The Bertz CT molecular complexity index is 770. The lowest BCUT2D eigenvalue weighted by molar-refractivity contribution is 0.181. The highest BCUT2D eigenvalue weighted by molar-refractivity contribution is 5.99. The van der Waals surface area contributed by atoms with Crippen molar-refractivity contribution in [3.8, 4) is 5.75 Å². The number of nitrogens with zero attached hydrogens (tertiary/aromatic N) is 3. The minimum Gasteiger partial charge on any atom is -0.496 e. The third-order valence-electron chi connectivity index (χ3n) is 3.19. The van der Waals surface area contributed by atoms with E-state index in [0.717, 1.165) is 16.9 Å². The Morgan fingerprint density at radius 3 is 2.78 bits per heavy atom. The molecule has 8 heteroatoms. The minimum absolute atomic E-state index is 0.186. The molecule has 0 aliphatic heterocycles.